The Labute approximate surface area is 113 Å². The summed E-state index contributed by atoms with van der Waals surface area (Å²) >= 11 is 7.11. The summed E-state index contributed by atoms with van der Waals surface area (Å²) in [6.07, 6.45) is 0. The van der Waals surface area contributed by atoms with Gasteiger partial charge in [-0.3, -0.25) is 4.79 Å². The highest BCUT2D eigenvalue weighted by atomic mass is 35.5. The Morgan fingerprint density at radius 1 is 1.39 bits per heavy atom. The highest BCUT2D eigenvalue weighted by molar-refractivity contribution is 8.00. The van der Waals surface area contributed by atoms with Crippen molar-refractivity contribution in [3.8, 4) is 0 Å². The zero-order valence-electron chi connectivity index (χ0n) is 9.30. The molecule has 1 aromatic rings. The molecule has 98 valence electrons. The van der Waals surface area contributed by atoms with Gasteiger partial charge in [0.05, 0.1) is 17.4 Å². The molecule has 0 aliphatic carbocycles. The molecule has 0 aliphatic heterocycles. The number of aliphatic carboxylic acids is 1. The number of hydrogen-bond acceptors (Lipinski definition) is 4. The van der Waals surface area contributed by atoms with E-state index >= 15 is 0 Å². The first kappa shape index (κ1) is 14.8. The minimum atomic E-state index is -1.27. The van der Waals surface area contributed by atoms with E-state index in [4.69, 9.17) is 21.8 Å². The summed E-state index contributed by atoms with van der Waals surface area (Å²) in [5, 5.41) is 20.1. The molecule has 0 radical (unpaired) electrons. The third kappa shape index (κ3) is 4.56. The van der Waals surface area contributed by atoms with Crippen molar-refractivity contribution in [3.05, 3.63) is 29.3 Å². The Morgan fingerprint density at radius 2 is 2.06 bits per heavy atom. The summed E-state index contributed by atoms with van der Waals surface area (Å²) in [5.74, 6) is -1.71. The molecule has 0 spiro atoms. The normalized spacial score (nSPS) is 11.9. The summed E-state index contributed by atoms with van der Waals surface area (Å²) in [5.41, 5.74) is 0. The number of nitrogens with one attached hydrogen (secondary N) is 1. The SMILES string of the molecule is O=C(CSc1ccccc1Cl)N[C@@H](CO)C(=O)O. The first-order chi connectivity index (χ1) is 8.54. The molecule has 18 heavy (non-hydrogen) atoms. The summed E-state index contributed by atoms with van der Waals surface area (Å²) < 4.78 is 0. The van der Waals surface area contributed by atoms with Crippen LogP contribution in [-0.2, 0) is 9.59 Å². The second-order valence-electron chi connectivity index (χ2n) is 3.36. The fourth-order valence-electron chi connectivity index (χ4n) is 1.13. The number of carbonyl (C=O) groups excluding carboxylic acids is 1. The second-order valence-corrected chi connectivity index (χ2v) is 4.78. The summed E-state index contributed by atoms with van der Waals surface area (Å²) in [6.45, 7) is -0.641. The average Bonchev–Trinajstić information content (AvgIpc) is 2.34. The highest BCUT2D eigenvalue weighted by Gasteiger charge is 2.18. The molecule has 1 rings (SSSR count). The lowest BCUT2D eigenvalue weighted by Gasteiger charge is -2.11. The van der Waals surface area contributed by atoms with Gasteiger partial charge < -0.3 is 15.5 Å². The van der Waals surface area contributed by atoms with Gasteiger partial charge in [0.25, 0.3) is 0 Å². The number of halogens is 1. The summed E-state index contributed by atoms with van der Waals surface area (Å²) in [4.78, 5) is 22.8. The number of aliphatic hydroxyl groups excluding tert-OH is 1. The van der Waals surface area contributed by atoms with Gasteiger partial charge >= 0.3 is 5.97 Å². The zero-order valence-corrected chi connectivity index (χ0v) is 10.9. The molecule has 1 aromatic carbocycles. The van der Waals surface area contributed by atoms with E-state index in [9.17, 15) is 9.59 Å². The van der Waals surface area contributed by atoms with Crippen LogP contribution in [0.5, 0.6) is 0 Å². The van der Waals surface area contributed by atoms with Gasteiger partial charge in [-0.2, -0.15) is 0 Å². The molecular weight excluding hydrogens is 278 g/mol. The van der Waals surface area contributed by atoms with Crippen LogP contribution in [-0.4, -0.2) is 40.5 Å². The van der Waals surface area contributed by atoms with Crippen molar-refractivity contribution in [2.75, 3.05) is 12.4 Å². The molecule has 7 heteroatoms. The monoisotopic (exact) mass is 289 g/mol. The minimum absolute atomic E-state index is 0.0352. The number of hydrogen-bond donors (Lipinski definition) is 3. The molecule has 0 unspecified atom stereocenters. The van der Waals surface area contributed by atoms with Gasteiger partial charge in [0.1, 0.15) is 6.04 Å². The number of amides is 1. The van der Waals surface area contributed by atoms with Crippen molar-refractivity contribution >= 4 is 35.2 Å². The van der Waals surface area contributed by atoms with Gasteiger partial charge in [-0.05, 0) is 12.1 Å². The summed E-state index contributed by atoms with van der Waals surface area (Å²) in [7, 11) is 0. The zero-order chi connectivity index (χ0) is 13.5. The van der Waals surface area contributed by atoms with Crippen LogP contribution in [0.4, 0.5) is 0 Å². The molecule has 0 saturated heterocycles. The highest BCUT2D eigenvalue weighted by Crippen LogP contribution is 2.26. The number of thioether (sulfide) groups is 1. The Bertz CT molecular complexity index is 441. The smallest absolute Gasteiger partial charge is 0.328 e. The second kappa shape index (κ2) is 7.25. The maximum Gasteiger partial charge on any atom is 0.328 e. The van der Waals surface area contributed by atoms with Crippen LogP contribution >= 0.6 is 23.4 Å². The van der Waals surface area contributed by atoms with Crippen molar-refractivity contribution in [3.63, 3.8) is 0 Å². The van der Waals surface area contributed by atoms with E-state index in [-0.39, 0.29) is 5.75 Å². The lowest BCUT2D eigenvalue weighted by molar-refractivity contribution is -0.142. The van der Waals surface area contributed by atoms with E-state index < -0.39 is 24.5 Å². The summed E-state index contributed by atoms with van der Waals surface area (Å²) in [6, 6.07) is 5.76. The molecule has 0 aliphatic rings. The Balaban J connectivity index is 2.47. The maximum atomic E-state index is 11.5. The molecule has 0 aromatic heterocycles. The fraction of sp³-hybridized carbons (Fsp3) is 0.273. The van der Waals surface area contributed by atoms with E-state index in [1.807, 2.05) is 0 Å². The Kier molecular flexibility index (Phi) is 5.97. The molecule has 0 bridgehead atoms. The quantitative estimate of drug-likeness (QED) is 0.680. The number of carboxylic acids is 1. The average molecular weight is 290 g/mol. The molecule has 3 N–H and O–H groups in total. The van der Waals surface area contributed by atoms with Crippen molar-refractivity contribution in [2.45, 2.75) is 10.9 Å². The van der Waals surface area contributed by atoms with Crippen LogP contribution < -0.4 is 5.32 Å². The van der Waals surface area contributed by atoms with Crippen LogP contribution in [0.25, 0.3) is 0 Å². The van der Waals surface area contributed by atoms with E-state index in [0.29, 0.717) is 5.02 Å². The molecule has 0 heterocycles. The topological polar surface area (TPSA) is 86.6 Å². The van der Waals surface area contributed by atoms with E-state index in [1.165, 1.54) is 11.8 Å². The lowest BCUT2D eigenvalue weighted by atomic mass is 10.3. The number of carbonyl (C=O) groups is 2. The van der Waals surface area contributed by atoms with Crippen LogP contribution in [0.15, 0.2) is 29.2 Å². The van der Waals surface area contributed by atoms with Gasteiger partial charge in [0.2, 0.25) is 5.91 Å². The van der Waals surface area contributed by atoms with E-state index in [0.717, 1.165) is 4.90 Å². The largest absolute Gasteiger partial charge is 0.480 e. The molecule has 0 fully saturated rings. The van der Waals surface area contributed by atoms with Gasteiger partial charge in [-0.1, -0.05) is 23.7 Å². The number of aliphatic hydroxyl groups is 1. The van der Waals surface area contributed by atoms with Gasteiger partial charge in [-0.25, -0.2) is 4.79 Å². The van der Waals surface area contributed by atoms with Crippen LogP contribution in [0.3, 0.4) is 0 Å². The van der Waals surface area contributed by atoms with E-state index in [1.54, 1.807) is 24.3 Å². The van der Waals surface area contributed by atoms with Crippen molar-refractivity contribution < 1.29 is 19.8 Å². The van der Waals surface area contributed by atoms with Crippen molar-refractivity contribution in [1.82, 2.24) is 5.32 Å². The molecule has 1 amide bonds. The molecule has 1 atom stereocenters. The van der Waals surface area contributed by atoms with E-state index in [2.05, 4.69) is 5.32 Å². The first-order valence-corrected chi connectivity index (χ1v) is 6.41. The third-order valence-corrected chi connectivity index (χ3v) is 3.53. The predicted octanol–water partition coefficient (Wildman–Crippen LogP) is 0.994. The lowest BCUT2D eigenvalue weighted by Crippen LogP contribution is -2.44. The maximum absolute atomic E-state index is 11.5. The van der Waals surface area contributed by atoms with Crippen LogP contribution in [0, 0.1) is 0 Å². The third-order valence-electron chi connectivity index (χ3n) is 2.01. The van der Waals surface area contributed by atoms with Crippen molar-refractivity contribution in [1.29, 1.82) is 0 Å². The fourth-order valence-corrected chi connectivity index (χ4v) is 2.18. The Hall–Kier alpha value is -1.24. The molecule has 0 saturated carbocycles. The predicted molar refractivity (Wildman–Crippen MR) is 68.8 cm³/mol. The van der Waals surface area contributed by atoms with Crippen molar-refractivity contribution in [2.24, 2.45) is 0 Å². The first-order valence-electron chi connectivity index (χ1n) is 5.05. The standard InChI is InChI=1S/C11H12ClNO4S/c12-7-3-1-2-4-9(7)18-6-10(15)13-8(5-14)11(16)17/h1-4,8,14H,5-6H2,(H,13,15)(H,16,17)/t8-/m0/s1. The minimum Gasteiger partial charge on any atom is -0.480 e. The number of rotatable bonds is 6. The molecular formula is C11H12ClNO4S. The van der Waals surface area contributed by atoms with Gasteiger partial charge in [0, 0.05) is 4.90 Å². The van der Waals surface area contributed by atoms with Gasteiger partial charge in [0.15, 0.2) is 0 Å². The van der Waals surface area contributed by atoms with Crippen LogP contribution in [0.1, 0.15) is 0 Å². The number of benzene rings is 1. The van der Waals surface area contributed by atoms with Crippen LogP contribution in [0.2, 0.25) is 5.02 Å². The number of carboxylic acid groups (broad SMARTS) is 1. The Morgan fingerprint density at radius 3 is 2.61 bits per heavy atom. The van der Waals surface area contributed by atoms with Gasteiger partial charge in [-0.15, -0.1) is 11.8 Å². The molecule has 5 nitrogen and oxygen atoms in total.